The van der Waals surface area contributed by atoms with Crippen LogP contribution in [-0.4, -0.2) is 45.7 Å². The molecule has 0 saturated heterocycles. The summed E-state index contributed by atoms with van der Waals surface area (Å²) in [6.07, 6.45) is 2.89. The number of imidazole rings is 1. The Hall–Kier alpha value is -1.54. The molecule has 0 aromatic carbocycles. The van der Waals surface area contributed by atoms with Crippen molar-refractivity contribution in [2.75, 3.05) is 31.9 Å². The molecular formula is C12H20N5O4P. The van der Waals surface area contributed by atoms with E-state index in [1.807, 2.05) is 0 Å². The van der Waals surface area contributed by atoms with E-state index >= 15 is 0 Å². The molecule has 122 valence electrons. The predicted molar refractivity (Wildman–Crippen MR) is 81.4 cm³/mol. The second kappa shape index (κ2) is 7.64. The first-order chi connectivity index (χ1) is 10.6. The van der Waals surface area contributed by atoms with Gasteiger partial charge in [-0.15, -0.1) is 0 Å². The largest absolute Gasteiger partial charge is 0.382 e. The monoisotopic (exact) mass is 329 g/mol. The average molecular weight is 329 g/mol. The molecule has 0 aliphatic heterocycles. The van der Waals surface area contributed by atoms with E-state index in [0.717, 1.165) is 0 Å². The lowest BCUT2D eigenvalue weighted by molar-refractivity contribution is 0.127. The molecule has 2 heterocycles. The maximum absolute atomic E-state index is 12.2. The van der Waals surface area contributed by atoms with Gasteiger partial charge in [-0.3, -0.25) is 4.57 Å². The van der Waals surface area contributed by atoms with E-state index in [0.29, 0.717) is 43.3 Å². The molecule has 2 aromatic rings. The summed E-state index contributed by atoms with van der Waals surface area (Å²) >= 11 is 0. The van der Waals surface area contributed by atoms with Gasteiger partial charge in [-0.05, 0) is 13.8 Å². The molecule has 0 aliphatic carbocycles. The minimum atomic E-state index is -3.18. The van der Waals surface area contributed by atoms with Crippen LogP contribution < -0.4 is 5.73 Å². The molecule has 0 unspecified atom stereocenters. The van der Waals surface area contributed by atoms with Gasteiger partial charge in [-0.25, -0.2) is 15.0 Å². The lowest BCUT2D eigenvalue weighted by atomic mass is 10.5. The normalized spacial score (nSPS) is 12.1. The first kappa shape index (κ1) is 16.8. The minimum Gasteiger partial charge on any atom is -0.382 e. The molecule has 2 N–H and O–H groups in total. The van der Waals surface area contributed by atoms with Crippen molar-refractivity contribution in [2.24, 2.45) is 0 Å². The minimum absolute atomic E-state index is 0.0900. The molecular weight excluding hydrogens is 309 g/mol. The maximum Gasteiger partial charge on any atom is 0.356 e. The van der Waals surface area contributed by atoms with Crippen molar-refractivity contribution in [1.29, 1.82) is 0 Å². The molecule has 10 heteroatoms. The number of hydrogen-bond donors (Lipinski definition) is 1. The summed E-state index contributed by atoms with van der Waals surface area (Å²) in [5, 5.41) is 0. The van der Waals surface area contributed by atoms with E-state index in [-0.39, 0.29) is 6.35 Å². The van der Waals surface area contributed by atoms with E-state index in [1.54, 1.807) is 24.7 Å². The Balaban J connectivity index is 1.91. The third-order valence-electron chi connectivity index (χ3n) is 2.82. The molecule has 0 bridgehead atoms. The summed E-state index contributed by atoms with van der Waals surface area (Å²) in [6.45, 7) is 4.91. The maximum atomic E-state index is 12.2. The number of nitrogens with two attached hydrogens (primary N) is 1. The Labute approximate surface area is 128 Å². The number of nitrogen functional groups attached to an aromatic ring is 1. The quantitative estimate of drug-likeness (QED) is 0.545. The lowest BCUT2D eigenvalue weighted by Gasteiger charge is -2.17. The van der Waals surface area contributed by atoms with E-state index < -0.39 is 7.60 Å². The van der Waals surface area contributed by atoms with Gasteiger partial charge in [0.25, 0.3) is 0 Å². The fraction of sp³-hybridized carbons (Fsp3) is 0.583. The Morgan fingerprint density at radius 2 is 1.95 bits per heavy atom. The molecule has 0 aliphatic rings. The average Bonchev–Trinajstić information content (AvgIpc) is 2.89. The first-order valence-electron chi connectivity index (χ1n) is 6.96. The summed E-state index contributed by atoms with van der Waals surface area (Å²) in [7, 11) is -3.18. The Kier molecular flexibility index (Phi) is 5.84. The first-order valence-corrected chi connectivity index (χ1v) is 8.69. The Morgan fingerprint density at radius 1 is 1.23 bits per heavy atom. The molecule has 0 spiro atoms. The van der Waals surface area contributed by atoms with Gasteiger partial charge in [0, 0.05) is 6.54 Å². The van der Waals surface area contributed by atoms with Crippen molar-refractivity contribution in [3.8, 4) is 0 Å². The summed E-state index contributed by atoms with van der Waals surface area (Å²) in [5.41, 5.74) is 7.00. The SMILES string of the molecule is CCOP(=O)(COCCn1cnc2ncnc(N)c21)OCC. The van der Waals surface area contributed by atoms with Gasteiger partial charge >= 0.3 is 7.60 Å². The molecule has 22 heavy (non-hydrogen) atoms. The van der Waals surface area contributed by atoms with Crippen molar-refractivity contribution in [3.05, 3.63) is 12.7 Å². The number of aromatic nitrogens is 4. The Morgan fingerprint density at radius 3 is 2.64 bits per heavy atom. The lowest BCUT2D eigenvalue weighted by Crippen LogP contribution is -2.09. The van der Waals surface area contributed by atoms with E-state index in [1.165, 1.54) is 6.33 Å². The molecule has 0 saturated carbocycles. The van der Waals surface area contributed by atoms with Crippen LogP contribution in [0.2, 0.25) is 0 Å². The third-order valence-corrected chi connectivity index (χ3v) is 4.62. The fourth-order valence-electron chi connectivity index (χ4n) is 1.95. The van der Waals surface area contributed by atoms with Gasteiger partial charge < -0.3 is 24.1 Å². The topological polar surface area (TPSA) is 114 Å². The molecule has 9 nitrogen and oxygen atoms in total. The van der Waals surface area contributed by atoms with Crippen LogP contribution in [0.1, 0.15) is 13.8 Å². The van der Waals surface area contributed by atoms with Gasteiger partial charge in [-0.1, -0.05) is 0 Å². The van der Waals surface area contributed by atoms with Crippen LogP contribution in [0.25, 0.3) is 11.2 Å². The number of ether oxygens (including phenoxy) is 1. The van der Waals surface area contributed by atoms with Gasteiger partial charge in [0.2, 0.25) is 0 Å². The highest BCUT2D eigenvalue weighted by molar-refractivity contribution is 7.53. The van der Waals surface area contributed by atoms with E-state index in [2.05, 4.69) is 15.0 Å². The number of hydrogen-bond acceptors (Lipinski definition) is 8. The van der Waals surface area contributed by atoms with Gasteiger partial charge in [0.05, 0.1) is 26.1 Å². The fourth-order valence-corrected chi connectivity index (χ4v) is 3.31. The number of anilines is 1. The molecule has 2 aromatic heterocycles. The zero-order chi connectivity index (χ0) is 16.0. The smallest absolute Gasteiger partial charge is 0.356 e. The van der Waals surface area contributed by atoms with Crippen LogP contribution in [0.5, 0.6) is 0 Å². The highest BCUT2D eigenvalue weighted by Gasteiger charge is 2.23. The second-order valence-corrected chi connectivity index (χ2v) is 6.35. The van der Waals surface area contributed by atoms with Gasteiger partial charge in [0.15, 0.2) is 11.5 Å². The zero-order valence-electron chi connectivity index (χ0n) is 12.6. The van der Waals surface area contributed by atoms with Crippen LogP contribution >= 0.6 is 7.60 Å². The van der Waals surface area contributed by atoms with Crippen LogP contribution in [0.15, 0.2) is 12.7 Å². The van der Waals surface area contributed by atoms with Crippen LogP contribution in [0.3, 0.4) is 0 Å². The number of nitrogens with zero attached hydrogens (tertiary/aromatic N) is 4. The third kappa shape index (κ3) is 4.01. The predicted octanol–water partition coefficient (Wildman–Crippen LogP) is 1.65. The number of rotatable bonds is 9. The standard InChI is InChI=1S/C12H20N5O4P/c1-3-20-22(18,21-4-2)9-19-6-5-17-8-16-12-10(17)11(13)14-7-15-12/h7-8H,3-6,9H2,1-2H3,(H2,13,14,15). The van der Waals surface area contributed by atoms with Crippen molar-refractivity contribution in [3.63, 3.8) is 0 Å². The summed E-state index contributed by atoms with van der Waals surface area (Å²) < 4.78 is 29.7. The van der Waals surface area contributed by atoms with E-state index in [9.17, 15) is 4.57 Å². The zero-order valence-corrected chi connectivity index (χ0v) is 13.5. The highest BCUT2D eigenvalue weighted by atomic mass is 31.2. The summed E-state index contributed by atoms with van der Waals surface area (Å²) in [4.78, 5) is 12.1. The van der Waals surface area contributed by atoms with Crippen LogP contribution in [-0.2, 0) is 24.9 Å². The molecule has 0 amide bonds. The summed E-state index contributed by atoms with van der Waals surface area (Å²) in [6, 6.07) is 0. The second-order valence-electron chi connectivity index (χ2n) is 4.35. The molecule has 0 radical (unpaired) electrons. The van der Waals surface area contributed by atoms with Crippen molar-refractivity contribution < 1.29 is 18.3 Å². The Bertz CT molecular complexity index is 652. The van der Waals surface area contributed by atoms with Gasteiger partial charge in [-0.2, -0.15) is 0 Å². The van der Waals surface area contributed by atoms with Gasteiger partial charge in [0.1, 0.15) is 18.2 Å². The van der Waals surface area contributed by atoms with Crippen molar-refractivity contribution >= 4 is 24.6 Å². The number of fused-ring (bicyclic) bond motifs is 1. The van der Waals surface area contributed by atoms with Crippen molar-refractivity contribution in [1.82, 2.24) is 19.5 Å². The van der Waals surface area contributed by atoms with Crippen LogP contribution in [0.4, 0.5) is 5.82 Å². The summed E-state index contributed by atoms with van der Waals surface area (Å²) in [5.74, 6) is 0.358. The highest BCUT2D eigenvalue weighted by Crippen LogP contribution is 2.47. The molecule has 0 fully saturated rings. The van der Waals surface area contributed by atoms with Crippen LogP contribution in [0, 0.1) is 0 Å². The molecule has 0 atom stereocenters. The molecule has 2 rings (SSSR count). The van der Waals surface area contributed by atoms with E-state index in [4.69, 9.17) is 19.5 Å². The van der Waals surface area contributed by atoms with Crippen molar-refractivity contribution in [2.45, 2.75) is 20.4 Å².